The molecule has 0 spiro atoms. The molecule has 18 heavy (non-hydrogen) atoms. The van der Waals surface area contributed by atoms with Crippen molar-refractivity contribution in [3.8, 4) is 0 Å². The number of aliphatic hydroxyl groups is 1. The van der Waals surface area contributed by atoms with Crippen LogP contribution in [-0.4, -0.2) is 23.7 Å². The van der Waals surface area contributed by atoms with Gasteiger partial charge >= 0.3 is 0 Å². The lowest BCUT2D eigenvalue weighted by Crippen LogP contribution is -2.30. The van der Waals surface area contributed by atoms with Crippen LogP contribution >= 0.6 is 0 Å². The molecule has 0 fully saturated rings. The fourth-order valence-electron chi connectivity index (χ4n) is 1.73. The average molecular weight is 251 g/mol. The predicted octanol–water partition coefficient (Wildman–Crippen LogP) is 1.99. The lowest BCUT2D eigenvalue weighted by atomic mass is 10.1. The summed E-state index contributed by atoms with van der Waals surface area (Å²) in [5, 5.41) is 12.2. The summed E-state index contributed by atoms with van der Waals surface area (Å²) in [6.07, 6.45) is -0.629. The number of nitrogens with one attached hydrogen (secondary N) is 1. The molecule has 0 saturated carbocycles. The number of fused-ring (bicyclic) bond motifs is 1. The summed E-state index contributed by atoms with van der Waals surface area (Å²) in [5.74, 6) is -0.636. The molecule has 1 aromatic heterocycles. The molecule has 1 amide bonds. The highest BCUT2D eigenvalue weighted by molar-refractivity contribution is 5.98. The average Bonchev–Trinajstić information content (AvgIpc) is 2.64. The van der Waals surface area contributed by atoms with Crippen molar-refractivity contribution in [2.45, 2.75) is 20.0 Å². The van der Waals surface area contributed by atoms with Gasteiger partial charge in [-0.3, -0.25) is 4.79 Å². The molecule has 0 bridgehead atoms. The van der Waals surface area contributed by atoms with Crippen molar-refractivity contribution in [2.75, 3.05) is 6.54 Å². The molecular formula is C13H14FNO3. The Morgan fingerprint density at radius 3 is 2.94 bits per heavy atom. The number of aliphatic hydroxyl groups excluding tert-OH is 1. The van der Waals surface area contributed by atoms with E-state index >= 15 is 0 Å². The van der Waals surface area contributed by atoms with Gasteiger partial charge in [-0.25, -0.2) is 4.39 Å². The van der Waals surface area contributed by atoms with E-state index in [1.807, 2.05) is 0 Å². The largest absolute Gasteiger partial charge is 0.451 e. The molecule has 0 aliphatic rings. The minimum absolute atomic E-state index is 0.143. The smallest absolute Gasteiger partial charge is 0.287 e. The molecule has 1 aromatic carbocycles. The number of halogens is 1. The number of rotatable bonds is 3. The van der Waals surface area contributed by atoms with E-state index in [4.69, 9.17) is 9.52 Å². The maximum atomic E-state index is 13.1. The first-order chi connectivity index (χ1) is 8.49. The first-order valence-corrected chi connectivity index (χ1v) is 5.64. The van der Waals surface area contributed by atoms with E-state index in [1.54, 1.807) is 13.8 Å². The Hall–Kier alpha value is -1.88. The van der Waals surface area contributed by atoms with Gasteiger partial charge in [0.2, 0.25) is 0 Å². The van der Waals surface area contributed by atoms with Gasteiger partial charge in [-0.15, -0.1) is 0 Å². The van der Waals surface area contributed by atoms with Gasteiger partial charge in [-0.1, -0.05) is 0 Å². The van der Waals surface area contributed by atoms with Crippen molar-refractivity contribution in [3.05, 3.63) is 35.3 Å². The number of furan rings is 1. The van der Waals surface area contributed by atoms with Gasteiger partial charge in [0.05, 0.1) is 6.10 Å². The summed E-state index contributed by atoms with van der Waals surface area (Å²) >= 11 is 0. The maximum Gasteiger partial charge on any atom is 0.287 e. The summed E-state index contributed by atoms with van der Waals surface area (Å²) < 4.78 is 18.5. The van der Waals surface area contributed by atoms with Crippen LogP contribution in [0.25, 0.3) is 11.0 Å². The van der Waals surface area contributed by atoms with Crippen LogP contribution in [0, 0.1) is 12.7 Å². The first kappa shape index (κ1) is 12.6. The van der Waals surface area contributed by atoms with Gasteiger partial charge in [-0.05, 0) is 32.0 Å². The van der Waals surface area contributed by atoms with Crippen LogP contribution < -0.4 is 5.32 Å². The van der Waals surface area contributed by atoms with Gasteiger partial charge in [0, 0.05) is 17.5 Å². The molecule has 4 nitrogen and oxygen atoms in total. The quantitative estimate of drug-likeness (QED) is 0.876. The molecule has 0 saturated heterocycles. The first-order valence-electron chi connectivity index (χ1n) is 5.64. The van der Waals surface area contributed by atoms with E-state index in [-0.39, 0.29) is 18.1 Å². The standard InChI is InChI=1S/C13H14FNO3/c1-7(16)6-15-13(17)12-8(2)10-5-9(14)3-4-11(10)18-12/h3-5,7,16H,6H2,1-2H3,(H,15,17)/t7-/m0/s1. The van der Waals surface area contributed by atoms with Gasteiger partial charge in [0.25, 0.3) is 5.91 Å². The normalized spacial score (nSPS) is 12.7. The number of aryl methyl sites for hydroxylation is 1. The monoisotopic (exact) mass is 251 g/mol. The van der Waals surface area contributed by atoms with E-state index in [1.165, 1.54) is 18.2 Å². The van der Waals surface area contributed by atoms with Gasteiger partial charge in [-0.2, -0.15) is 0 Å². The van der Waals surface area contributed by atoms with Crippen molar-refractivity contribution in [3.63, 3.8) is 0 Å². The Morgan fingerprint density at radius 1 is 1.56 bits per heavy atom. The van der Waals surface area contributed by atoms with E-state index in [0.29, 0.717) is 16.5 Å². The van der Waals surface area contributed by atoms with Crippen LogP contribution in [-0.2, 0) is 0 Å². The third-order valence-corrected chi connectivity index (χ3v) is 2.66. The number of benzene rings is 1. The van der Waals surface area contributed by atoms with Crippen LogP contribution in [0.1, 0.15) is 23.0 Å². The predicted molar refractivity (Wildman–Crippen MR) is 64.9 cm³/mol. The topological polar surface area (TPSA) is 62.5 Å². The number of hydrogen-bond acceptors (Lipinski definition) is 3. The highest BCUT2D eigenvalue weighted by Crippen LogP contribution is 2.25. The second-order valence-corrected chi connectivity index (χ2v) is 4.26. The molecule has 2 aromatic rings. The van der Waals surface area contributed by atoms with E-state index in [9.17, 15) is 9.18 Å². The van der Waals surface area contributed by atoms with E-state index in [2.05, 4.69) is 5.32 Å². The SMILES string of the molecule is Cc1c(C(=O)NC[C@H](C)O)oc2ccc(F)cc12. The number of carbonyl (C=O) groups is 1. The number of carbonyl (C=O) groups excluding carboxylic acids is 1. The van der Waals surface area contributed by atoms with Crippen LogP contribution in [0.15, 0.2) is 22.6 Å². The van der Waals surface area contributed by atoms with Crippen LogP contribution in [0.4, 0.5) is 4.39 Å². The molecule has 1 atom stereocenters. The van der Waals surface area contributed by atoms with Gasteiger partial charge in [0.15, 0.2) is 5.76 Å². The Labute approximate surface area is 103 Å². The van der Waals surface area contributed by atoms with Crippen LogP contribution in [0.2, 0.25) is 0 Å². The molecule has 0 aliphatic carbocycles. The summed E-state index contributed by atoms with van der Waals surface area (Å²) in [6, 6.07) is 4.10. The lowest BCUT2D eigenvalue weighted by Gasteiger charge is -2.05. The van der Waals surface area contributed by atoms with Crippen LogP contribution in [0.3, 0.4) is 0 Å². The molecule has 0 aliphatic heterocycles. The van der Waals surface area contributed by atoms with Gasteiger partial charge in [0.1, 0.15) is 11.4 Å². The molecule has 0 radical (unpaired) electrons. The molecule has 5 heteroatoms. The molecule has 2 rings (SSSR count). The molecule has 2 N–H and O–H groups in total. The van der Waals surface area contributed by atoms with E-state index < -0.39 is 12.0 Å². The number of amides is 1. The summed E-state index contributed by atoms with van der Waals surface area (Å²) in [7, 11) is 0. The molecular weight excluding hydrogens is 237 g/mol. The fraction of sp³-hybridized carbons (Fsp3) is 0.308. The van der Waals surface area contributed by atoms with Crippen molar-refractivity contribution in [1.82, 2.24) is 5.32 Å². The minimum Gasteiger partial charge on any atom is -0.451 e. The third kappa shape index (κ3) is 2.36. The van der Waals surface area contributed by atoms with Crippen LogP contribution in [0.5, 0.6) is 0 Å². The van der Waals surface area contributed by atoms with Gasteiger partial charge < -0.3 is 14.8 Å². The Bertz CT molecular complexity index is 589. The van der Waals surface area contributed by atoms with Crippen molar-refractivity contribution in [1.29, 1.82) is 0 Å². The highest BCUT2D eigenvalue weighted by Gasteiger charge is 2.17. The van der Waals surface area contributed by atoms with E-state index in [0.717, 1.165) is 0 Å². The molecule has 1 heterocycles. The second-order valence-electron chi connectivity index (χ2n) is 4.26. The van der Waals surface area contributed by atoms with Crippen molar-refractivity contribution < 1.29 is 18.7 Å². The lowest BCUT2D eigenvalue weighted by molar-refractivity contribution is 0.0898. The summed E-state index contributed by atoms with van der Waals surface area (Å²) in [6.45, 7) is 3.41. The molecule has 96 valence electrons. The fourth-order valence-corrected chi connectivity index (χ4v) is 1.73. The van der Waals surface area contributed by atoms with Crippen molar-refractivity contribution in [2.24, 2.45) is 0 Å². The zero-order valence-electron chi connectivity index (χ0n) is 10.2. The Kier molecular flexibility index (Phi) is 3.34. The summed E-state index contributed by atoms with van der Waals surface area (Å²) in [5.41, 5.74) is 1.06. The zero-order valence-corrected chi connectivity index (χ0v) is 10.2. The zero-order chi connectivity index (χ0) is 13.3. The minimum atomic E-state index is -0.629. The van der Waals surface area contributed by atoms with Crippen molar-refractivity contribution >= 4 is 16.9 Å². The number of hydrogen-bond donors (Lipinski definition) is 2. The molecule has 0 unspecified atom stereocenters. The highest BCUT2D eigenvalue weighted by atomic mass is 19.1. The maximum absolute atomic E-state index is 13.1. The second kappa shape index (κ2) is 4.78. The Morgan fingerprint density at radius 2 is 2.28 bits per heavy atom. The third-order valence-electron chi connectivity index (χ3n) is 2.66. The Balaban J connectivity index is 2.34. The summed E-state index contributed by atoms with van der Waals surface area (Å²) in [4.78, 5) is 11.8.